The molecule has 0 saturated carbocycles. The third-order valence-corrected chi connectivity index (χ3v) is 3.45. The summed E-state index contributed by atoms with van der Waals surface area (Å²) in [6, 6.07) is 5.75. The lowest BCUT2D eigenvalue weighted by atomic mass is 10.1. The first-order valence-electron chi connectivity index (χ1n) is 3.92. The molecule has 2 nitrogen and oxygen atoms in total. The van der Waals surface area contributed by atoms with E-state index in [1.54, 1.807) is 0 Å². The maximum atomic E-state index is 9.03. The molecule has 13 heavy (non-hydrogen) atoms. The molecule has 72 valence electrons. The zero-order valence-electron chi connectivity index (χ0n) is 7.22. The van der Waals surface area contributed by atoms with Gasteiger partial charge in [0.05, 0.1) is 17.7 Å². The van der Waals surface area contributed by atoms with Crippen molar-refractivity contribution >= 4 is 34.2 Å². The Morgan fingerprint density at radius 1 is 1.62 bits per heavy atom. The third-order valence-electron chi connectivity index (χ3n) is 1.88. The lowest BCUT2D eigenvalue weighted by molar-refractivity contribution is 0.251. The smallest absolute Gasteiger partial charge is 0.0626 e. The van der Waals surface area contributed by atoms with Crippen LogP contribution in [0.3, 0.4) is 0 Å². The quantitative estimate of drug-likeness (QED) is 0.839. The van der Waals surface area contributed by atoms with E-state index < -0.39 is 0 Å². The van der Waals surface area contributed by atoms with Crippen molar-refractivity contribution in [2.24, 2.45) is 0 Å². The molecular formula is C9H11ClINO. The number of halogens is 2. The highest BCUT2D eigenvalue weighted by Crippen LogP contribution is 2.22. The standard InChI is InChI=1S/C9H11ClINO/c1-12-9(5-13)6-2-3-8(11)7(10)4-6/h2-4,9,12-13H,5H2,1H3/t9-/m1/s1. The first kappa shape index (κ1) is 11.2. The van der Waals surface area contributed by atoms with E-state index in [4.69, 9.17) is 16.7 Å². The van der Waals surface area contributed by atoms with E-state index in [0.29, 0.717) is 0 Å². The van der Waals surface area contributed by atoms with Gasteiger partial charge in [0, 0.05) is 3.57 Å². The van der Waals surface area contributed by atoms with E-state index in [9.17, 15) is 0 Å². The summed E-state index contributed by atoms with van der Waals surface area (Å²) < 4.78 is 1.02. The molecule has 0 radical (unpaired) electrons. The minimum absolute atomic E-state index is 0.0329. The maximum Gasteiger partial charge on any atom is 0.0626 e. The number of aliphatic hydroxyl groups is 1. The van der Waals surface area contributed by atoms with Crippen LogP contribution in [0.1, 0.15) is 11.6 Å². The monoisotopic (exact) mass is 311 g/mol. The summed E-state index contributed by atoms with van der Waals surface area (Å²) in [6.45, 7) is 0.0768. The minimum atomic E-state index is -0.0329. The molecular weight excluding hydrogens is 300 g/mol. The van der Waals surface area contributed by atoms with Crippen LogP contribution in [-0.4, -0.2) is 18.8 Å². The number of likely N-dealkylation sites (N-methyl/N-ethyl adjacent to an activating group) is 1. The van der Waals surface area contributed by atoms with Crippen LogP contribution in [0, 0.1) is 3.57 Å². The van der Waals surface area contributed by atoms with Crippen LogP contribution in [0.25, 0.3) is 0 Å². The largest absolute Gasteiger partial charge is 0.394 e. The molecule has 0 heterocycles. The van der Waals surface area contributed by atoms with Crippen LogP contribution in [0.15, 0.2) is 18.2 Å². The molecule has 0 amide bonds. The van der Waals surface area contributed by atoms with Crippen LogP contribution < -0.4 is 5.32 Å². The average Bonchev–Trinajstić information content (AvgIpc) is 2.13. The van der Waals surface area contributed by atoms with Crippen LogP contribution in [0.5, 0.6) is 0 Å². The Hall–Kier alpha value is 0.160. The van der Waals surface area contributed by atoms with Crippen molar-refractivity contribution in [1.29, 1.82) is 0 Å². The van der Waals surface area contributed by atoms with Gasteiger partial charge >= 0.3 is 0 Å². The van der Waals surface area contributed by atoms with Gasteiger partial charge in [-0.25, -0.2) is 0 Å². The average molecular weight is 312 g/mol. The number of hydrogen-bond donors (Lipinski definition) is 2. The molecule has 2 N–H and O–H groups in total. The molecule has 0 fully saturated rings. The summed E-state index contributed by atoms with van der Waals surface area (Å²) in [5, 5.41) is 12.8. The minimum Gasteiger partial charge on any atom is -0.394 e. The summed E-state index contributed by atoms with van der Waals surface area (Å²) in [5.41, 5.74) is 1.01. The Bertz CT molecular complexity index is 289. The first-order valence-corrected chi connectivity index (χ1v) is 5.37. The van der Waals surface area contributed by atoms with Gasteiger partial charge in [0.15, 0.2) is 0 Å². The summed E-state index contributed by atoms with van der Waals surface area (Å²) in [6.07, 6.45) is 0. The predicted molar refractivity (Wildman–Crippen MR) is 63.1 cm³/mol. The van der Waals surface area contributed by atoms with Crippen LogP contribution in [0.4, 0.5) is 0 Å². The van der Waals surface area contributed by atoms with Crippen molar-refractivity contribution < 1.29 is 5.11 Å². The molecule has 1 aromatic rings. The van der Waals surface area contributed by atoms with Crippen molar-refractivity contribution in [3.63, 3.8) is 0 Å². The molecule has 4 heteroatoms. The molecule has 0 bridgehead atoms. The second-order valence-corrected chi connectivity index (χ2v) is 4.27. The van der Waals surface area contributed by atoms with Crippen LogP contribution in [0.2, 0.25) is 5.02 Å². The van der Waals surface area contributed by atoms with E-state index in [0.717, 1.165) is 14.2 Å². The summed E-state index contributed by atoms with van der Waals surface area (Å²) >= 11 is 8.13. The Balaban J connectivity index is 2.95. The zero-order chi connectivity index (χ0) is 9.84. The van der Waals surface area contributed by atoms with Gasteiger partial charge < -0.3 is 10.4 Å². The number of aliphatic hydroxyl groups excluding tert-OH is 1. The zero-order valence-corrected chi connectivity index (χ0v) is 10.1. The molecule has 0 aromatic heterocycles. The van der Waals surface area contributed by atoms with Crippen molar-refractivity contribution in [3.8, 4) is 0 Å². The highest BCUT2D eigenvalue weighted by molar-refractivity contribution is 14.1. The van der Waals surface area contributed by atoms with Crippen molar-refractivity contribution in [2.75, 3.05) is 13.7 Å². The number of benzene rings is 1. The number of hydrogen-bond acceptors (Lipinski definition) is 2. The SMILES string of the molecule is CN[C@H](CO)c1ccc(I)c(Cl)c1. The second kappa shape index (κ2) is 5.14. The fourth-order valence-corrected chi connectivity index (χ4v) is 1.62. The Kier molecular flexibility index (Phi) is 4.45. The van der Waals surface area contributed by atoms with Gasteiger partial charge in [0.2, 0.25) is 0 Å². The Labute approximate surface area is 96.4 Å². The summed E-state index contributed by atoms with van der Waals surface area (Å²) in [4.78, 5) is 0. The lowest BCUT2D eigenvalue weighted by Gasteiger charge is -2.13. The molecule has 0 aliphatic rings. The topological polar surface area (TPSA) is 32.3 Å². The van der Waals surface area contributed by atoms with Crippen molar-refractivity contribution in [2.45, 2.75) is 6.04 Å². The Morgan fingerprint density at radius 3 is 2.77 bits per heavy atom. The van der Waals surface area contributed by atoms with Gasteiger partial charge in [-0.3, -0.25) is 0 Å². The van der Waals surface area contributed by atoms with Gasteiger partial charge in [-0.15, -0.1) is 0 Å². The molecule has 1 rings (SSSR count). The van der Waals surface area contributed by atoms with E-state index in [1.807, 2.05) is 25.2 Å². The number of nitrogens with one attached hydrogen (secondary N) is 1. The van der Waals surface area contributed by atoms with E-state index in [1.165, 1.54) is 0 Å². The second-order valence-electron chi connectivity index (χ2n) is 2.70. The molecule has 0 aliphatic heterocycles. The lowest BCUT2D eigenvalue weighted by Crippen LogP contribution is -2.19. The van der Waals surface area contributed by atoms with E-state index in [2.05, 4.69) is 27.9 Å². The van der Waals surface area contributed by atoms with Gasteiger partial charge in [-0.05, 0) is 47.3 Å². The van der Waals surface area contributed by atoms with Crippen molar-refractivity contribution in [3.05, 3.63) is 32.4 Å². The molecule has 1 atom stereocenters. The highest BCUT2D eigenvalue weighted by atomic mass is 127. The van der Waals surface area contributed by atoms with Crippen LogP contribution in [-0.2, 0) is 0 Å². The molecule has 1 aromatic carbocycles. The van der Waals surface area contributed by atoms with Gasteiger partial charge in [0.1, 0.15) is 0 Å². The molecule has 0 saturated heterocycles. The normalized spacial score (nSPS) is 12.9. The number of rotatable bonds is 3. The first-order chi connectivity index (χ1) is 6.19. The van der Waals surface area contributed by atoms with E-state index >= 15 is 0 Å². The van der Waals surface area contributed by atoms with E-state index in [-0.39, 0.29) is 12.6 Å². The predicted octanol–water partition coefficient (Wildman–Crippen LogP) is 2.20. The van der Waals surface area contributed by atoms with Crippen molar-refractivity contribution in [1.82, 2.24) is 5.32 Å². The van der Waals surface area contributed by atoms with Gasteiger partial charge in [-0.1, -0.05) is 17.7 Å². The highest BCUT2D eigenvalue weighted by Gasteiger charge is 2.08. The molecule has 0 spiro atoms. The fourth-order valence-electron chi connectivity index (χ4n) is 1.09. The maximum absolute atomic E-state index is 9.03. The summed E-state index contributed by atoms with van der Waals surface area (Å²) in [5.74, 6) is 0. The molecule has 0 aliphatic carbocycles. The van der Waals surface area contributed by atoms with Gasteiger partial charge in [0.25, 0.3) is 0 Å². The van der Waals surface area contributed by atoms with Gasteiger partial charge in [-0.2, -0.15) is 0 Å². The molecule has 0 unspecified atom stereocenters. The summed E-state index contributed by atoms with van der Waals surface area (Å²) in [7, 11) is 1.81. The Morgan fingerprint density at radius 2 is 2.31 bits per heavy atom. The fraction of sp³-hybridized carbons (Fsp3) is 0.333. The van der Waals surface area contributed by atoms with Crippen LogP contribution >= 0.6 is 34.2 Å². The third kappa shape index (κ3) is 2.80.